The van der Waals surface area contributed by atoms with Crippen LogP contribution in [0.15, 0.2) is 22.7 Å². The van der Waals surface area contributed by atoms with Crippen LogP contribution >= 0.6 is 35.6 Å². The molecule has 0 spiro atoms. The van der Waals surface area contributed by atoms with E-state index in [2.05, 4.69) is 20.2 Å². The number of halogens is 3. The minimum atomic E-state index is -0.522. The molecule has 0 atom stereocenters. The van der Waals surface area contributed by atoms with Gasteiger partial charge in [0, 0.05) is 0 Å². The lowest BCUT2D eigenvalue weighted by Crippen LogP contribution is -2.34. The molecule has 3 aromatic rings. The van der Waals surface area contributed by atoms with Gasteiger partial charge in [-0.05, 0) is 31.9 Å². The van der Waals surface area contributed by atoms with Gasteiger partial charge < -0.3 is 10.3 Å². The van der Waals surface area contributed by atoms with Crippen LogP contribution in [-0.2, 0) is 5.54 Å². The Morgan fingerprint density at radius 2 is 1.81 bits per heavy atom. The highest BCUT2D eigenvalue weighted by Crippen LogP contribution is 2.35. The lowest BCUT2D eigenvalue weighted by atomic mass is 9.99. The summed E-state index contributed by atoms with van der Waals surface area (Å²) in [5.41, 5.74) is 6.41. The average molecular weight is 416 g/mol. The van der Waals surface area contributed by atoms with Crippen LogP contribution in [0.5, 0.6) is 0 Å². The van der Waals surface area contributed by atoms with Crippen molar-refractivity contribution in [1.82, 2.24) is 24.9 Å². The second kappa shape index (κ2) is 7.15. The topological polar surface area (TPSA) is 95.7 Å². The summed E-state index contributed by atoms with van der Waals surface area (Å²) in [6.07, 6.45) is 3.83. The van der Waals surface area contributed by atoms with Crippen molar-refractivity contribution >= 4 is 35.6 Å². The van der Waals surface area contributed by atoms with Gasteiger partial charge in [0.05, 0.1) is 15.6 Å². The first-order valence-electron chi connectivity index (χ1n) is 7.99. The summed E-state index contributed by atoms with van der Waals surface area (Å²) >= 11 is 12.5. The van der Waals surface area contributed by atoms with Gasteiger partial charge in [-0.25, -0.2) is 9.67 Å². The summed E-state index contributed by atoms with van der Waals surface area (Å²) in [4.78, 5) is 8.82. The van der Waals surface area contributed by atoms with Gasteiger partial charge in [0.15, 0.2) is 5.82 Å². The maximum atomic E-state index is 6.37. The highest BCUT2D eigenvalue weighted by atomic mass is 35.5. The number of nitrogens with zero attached hydrogens (tertiary/aromatic N) is 5. The van der Waals surface area contributed by atoms with E-state index in [0.717, 1.165) is 25.7 Å². The Kier molecular flexibility index (Phi) is 5.25. The first-order valence-corrected chi connectivity index (χ1v) is 8.75. The van der Waals surface area contributed by atoms with Gasteiger partial charge in [0.1, 0.15) is 11.5 Å². The van der Waals surface area contributed by atoms with E-state index >= 15 is 0 Å². The minimum absolute atomic E-state index is 0. The summed E-state index contributed by atoms with van der Waals surface area (Å²) in [6.45, 7) is 1.80. The predicted molar refractivity (Wildman–Crippen MR) is 101 cm³/mol. The molecule has 0 unspecified atom stereocenters. The Balaban J connectivity index is 0.00000196. The molecular formula is C16H17Cl3N6O. The molecule has 10 heteroatoms. The highest BCUT2D eigenvalue weighted by molar-refractivity contribution is 6.37. The SMILES string of the molecule is Cc1nc(-c2nc(C3(N)CCCC3)no2)nn1-c1c(Cl)cccc1Cl.Cl. The lowest BCUT2D eigenvalue weighted by Gasteiger charge is -2.17. The molecule has 1 saturated carbocycles. The second-order valence-corrected chi connectivity index (χ2v) is 7.07. The number of benzene rings is 1. The van der Waals surface area contributed by atoms with Crippen LogP contribution < -0.4 is 5.73 Å². The van der Waals surface area contributed by atoms with E-state index in [0.29, 0.717) is 33.2 Å². The van der Waals surface area contributed by atoms with Crippen molar-refractivity contribution in [3.8, 4) is 17.4 Å². The smallest absolute Gasteiger partial charge is 0.297 e. The van der Waals surface area contributed by atoms with Crippen molar-refractivity contribution in [3.05, 3.63) is 39.9 Å². The van der Waals surface area contributed by atoms with E-state index in [9.17, 15) is 0 Å². The van der Waals surface area contributed by atoms with E-state index in [1.165, 1.54) is 0 Å². The van der Waals surface area contributed by atoms with Crippen LogP contribution in [-0.4, -0.2) is 24.9 Å². The third kappa shape index (κ3) is 3.20. The van der Waals surface area contributed by atoms with Crippen LogP contribution in [0, 0.1) is 6.92 Å². The van der Waals surface area contributed by atoms with Crippen molar-refractivity contribution in [2.24, 2.45) is 5.73 Å². The molecule has 0 saturated heterocycles. The third-order valence-electron chi connectivity index (χ3n) is 4.48. The Morgan fingerprint density at radius 3 is 2.46 bits per heavy atom. The zero-order valence-electron chi connectivity index (χ0n) is 13.9. The summed E-state index contributed by atoms with van der Waals surface area (Å²) in [5, 5.41) is 9.43. The van der Waals surface area contributed by atoms with Crippen LogP contribution in [0.2, 0.25) is 10.0 Å². The van der Waals surface area contributed by atoms with Gasteiger partial charge in [0.2, 0.25) is 5.82 Å². The largest absolute Gasteiger partial charge is 0.330 e. The first-order chi connectivity index (χ1) is 12.0. The molecule has 1 fully saturated rings. The first kappa shape index (κ1) is 19.1. The Labute approximate surface area is 166 Å². The van der Waals surface area contributed by atoms with Gasteiger partial charge in [0.25, 0.3) is 5.89 Å². The Hall–Kier alpha value is -1.67. The van der Waals surface area contributed by atoms with Gasteiger partial charge in [-0.15, -0.1) is 17.5 Å². The second-order valence-electron chi connectivity index (χ2n) is 6.25. The zero-order chi connectivity index (χ0) is 17.6. The summed E-state index contributed by atoms with van der Waals surface area (Å²) < 4.78 is 6.91. The number of rotatable bonds is 3. The van der Waals surface area contributed by atoms with Crippen LogP contribution in [0.4, 0.5) is 0 Å². The van der Waals surface area contributed by atoms with E-state index < -0.39 is 5.54 Å². The van der Waals surface area contributed by atoms with E-state index in [1.54, 1.807) is 29.8 Å². The Morgan fingerprint density at radius 1 is 1.15 bits per heavy atom. The van der Waals surface area contributed by atoms with Gasteiger partial charge >= 0.3 is 0 Å². The van der Waals surface area contributed by atoms with Crippen molar-refractivity contribution in [2.45, 2.75) is 38.1 Å². The number of nitrogens with two attached hydrogens (primary N) is 1. The molecule has 7 nitrogen and oxygen atoms in total. The predicted octanol–water partition coefficient (Wildman–Crippen LogP) is 4.08. The molecule has 2 N–H and O–H groups in total. The molecule has 0 radical (unpaired) electrons. The van der Waals surface area contributed by atoms with E-state index in [4.69, 9.17) is 33.5 Å². The normalized spacial score (nSPS) is 15.8. The minimum Gasteiger partial charge on any atom is -0.330 e. The lowest BCUT2D eigenvalue weighted by molar-refractivity contribution is 0.372. The number of aryl methyl sites for hydroxylation is 1. The van der Waals surface area contributed by atoms with Gasteiger partial charge in [-0.3, -0.25) is 0 Å². The summed E-state index contributed by atoms with van der Waals surface area (Å²) in [6, 6.07) is 5.26. The molecule has 1 aliphatic carbocycles. The maximum absolute atomic E-state index is 6.37. The molecule has 4 rings (SSSR count). The van der Waals surface area contributed by atoms with E-state index in [-0.39, 0.29) is 18.3 Å². The number of para-hydroxylation sites is 1. The quantitative estimate of drug-likeness (QED) is 0.692. The fourth-order valence-electron chi connectivity index (χ4n) is 3.13. The molecule has 1 aliphatic rings. The number of hydrogen-bond donors (Lipinski definition) is 1. The Bertz CT molecular complexity index is 912. The molecule has 1 aromatic carbocycles. The summed E-state index contributed by atoms with van der Waals surface area (Å²) in [5.74, 6) is 1.66. The molecule has 0 amide bonds. The fraction of sp³-hybridized carbons (Fsp3) is 0.375. The van der Waals surface area contributed by atoms with Crippen LogP contribution in [0.1, 0.15) is 37.3 Å². The standard InChI is InChI=1S/C16H16Cl2N6O.ClH/c1-9-20-13(22-24(9)12-10(17)5-4-6-11(12)18)14-21-15(23-25-14)16(19)7-2-3-8-16;/h4-6H,2-3,7-8,19H2,1H3;1H. The highest BCUT2D eigenvalue weighted by Gasteiger charge is 2.36. The third-order valence-corrected chi connectivity index (χ3v) is 5.09. The maximum Gasteiger partial charge on any atom is 0.297 e. The average Bonchev–Trinajstić information content (AvgIpc) is 3.28. The molecule has 2 heterocycles. The number of aromatic nitrogens is 5. The van der Waals surface area contributed by atoms with Crippen LogP contribution in [0.25, 0.3) is 17.4 Å². The van der Waals surface area contributed by atoms with Crippen molar-refractivity contribution < 1.29 is 4.52 Å². The molecular weight excluding hydrogens is 399 g/mol. The van der Waals surface area contributed by atoms with Gasteiger partial charge in [-0.1, -0.05) is 47.3 Å². The molecule has 0 bridgehead atoms. The fourth-order valence-corrected chi connectivity index (χ4v) is 3.69. The van der Waals surface area contributed by atoms with Crippen molar-refractivity contribution in [1.29, 1.82) is 0 Å². The molecule has 26 heavy (non-hydrogen) atoms. The van der Waals surface area contributed by atoms with Gasteiger partial charge in [-0.2, -0.15) is 4.98 Å². The van der Waals surface area contributed by atoms with Crippen molar-refractivity contribution in [2.75, 3.05) is 0 Å². The molecule has 138 valence electrons. The van der Waals surface area contributed by atoms with Crippen LogP contribution in [0.3, 0.4) is 0 Å². The monoisotopic (exact) mass is 414 g/mol. The molecule has 2 aromatic heterocycles. The van der Waals surface area contributed by atoms with Crippen molar-refractivity contribution in [3.63, 3.8) is 0 Å². The zero-order valence-corrected chi connectivity index (χ0v) is 16.3. The molecule has 0 aliphatic heterocycles. The van der Waals surface area contributed by atoms with E-state index in [1.807, 2.05) is 0 Å². The summed E-state index contributed by atoms with van der Waals surface area (Å²) in [7, 11) is 0. The number of hydrogen-bond acceptors (Lipinski definition) is 6.